The molecule has 1 aromatic heterocycles. The number of methoxy groups -OCH3 is 1. The fraction of sp³-hybridized carbons (Fsp3) is 0.200. The Morgan fingerprint density at radius 1 is 1.16 bits per heavy atom. The van der Waals surface area contributed by atoms with Gasteiger partial charge in [-0.15, -0.1) is 11.3 Å². The van der Waals surface area contributed by atoms with E-state index in [9.17, 15) is 4.79 Å². The van der Waals surface area contributed by atoms with Crippen LogP contribution in [-0.2, 0) is 4.79 Å². The maximum absolute atomic E-state index is 12.7. The van der Waals surface area contributed by atoms with Crippen LogP contribution in [0.2, 0.25) is 0 Å². The van der Waals surface area contributed by atoms with E-state index in [0.29, 0.717) is 0 Å². The van der Waals surface area contributed by atoms with Gasteiger partial charge in [0.25, 0.3) is 0 Å². The lowest BCUT2D eigenvalue weighted by Crippen LogP contribution is -2.14. The van der Waals surface area contributed by atoms with Crippen molar-refractivity contribution in [3.8, 4) is 17.0 Å². The summed E-state index contributed by atoms with van der Waals surface area (Å²) >= 11 is 1.45. The van der Waals surface area contributed by atoms with Crippen molar-refractivity contribution in [2.45, 2.75) is 12.3 Å². The van der Waals surface area contributed by atoms with Gasteiger partial charge in [-0.1, -0.05) is 48.5 Å². The van der Waals surface area contributed by atoms with E-state index in [0.717, 1.165) is 34.0 Å². The van der Waals surface area contributed by atoms with Gasteiger partial charge in [0.15, 0.2) is 0 Å². The quantitative estimate of drug-likeness (QED) is 0.734. The molecule has 2 atom stereocenters. The molecule has 4 nitrogen and oxygen atoms in total. The molecule has 0 saturated heterocycles. The molecule has 2 aromatic carbocycles. The van der Waals surface area contributed by atoms with E-state index in [4.69, 9.17) is 4.74 Å². The third-order valence-electron chi connectivity index (χ3n) is 4.52. The fourth-order valence-electron chi connectivity index (χ4n) is 3.14. The number of thiazole rings is 1. The third kappa shape index (κ3) is 3.15. The zero-order valence-corrected chi connectivity index (χ0v) is 14.6. The van der Waals surface area contributed by atoms with Gasteiger partial charge in [0.05, 0.1) is 12.6 Å². The predicted octanol–water partition coefficient (Wildman–Crippen LogP) is 4.56. The molecule has 1 heterocycles. The van der Waals surface area contributed by atoms with Crippen molar-refractivity contribution in [2.24, 2.45) is 5.92 Å². The molecule has 2 unspecified atom stereocenters. The highest BCUT2D eigenvalue weighted by molar-refractivity contribution is 7.14. The number of hydrogen-bond acceptors (Lipinski definition) is 4. The van der Waals surface area contributed by atoms with E-state index in [2.05, 4.69) is 10.3 Å². The first-order valence-corrected chi connectivity index (χ1v) is 9.08. The average Bonchev–Trinajstić information content (AvgIpc) is 3.34. The van der Waals surface area contributed by atoms with Crippen LogP contribution in [0.4, 0.5) is 5.00 Å². The Kier molecular flexibility index (Phi) is 4.24. The van der Waals surface area contributed by atoms with Gasteiger partial charge in [-0.25, -0.2) is 4.98 Å². The molecular formula is C20H18N2O2S. The molecular weight excluding hydrogens is 332 g/mol. The number of carbonyl (C=O) groups excluding carboxylic acids is 1. The van der Waals surface area contributed by atoms with Crippen LogP contribution in [-0.4, -0.2) is 18.0 Å². The Hall–Kier alpha value is -2.66. The zero-order valence-electron chi connectivity index (χ0n) is 13.8. The number of para-hydroxylation sites is 1. The van der Waals surface area contributed by atoms with Crippen LogP contribution in [0.15, 0.2) is 60.1 Å². The fourth-order valence-corrected chi connectivity index (χ4v) is 3.85. The maximum Gasteiger partial charge on any atom is 0.228 e. The van der Waals surface area contributed by atoms with E-state index in [1.54, 1.807) is 12.6 Å². The molecule has 0 spiro atoms. The first-order valence-electron chi connectivity index (χ1n) is 8.20. The maximum atomic E-state index is 12.7. The number of anilines is 1. The minimum absolute atomic E-state index is 0.0120. The highest BCUT2D eigenvalue weighted by Gasteiger charge is 2.45. The van der Waals surface area contributed by atoms with Crippen LogP contribution in [0.1, 0.15) is 17.9 Å². The smallest absolute Gasteiger partial charge is 0.228 e. The van der Waals surface area contributed by atoms with Crippen molar-refractivity contribution >= 4 is 22.2 Å². The molecule has 1 aliphatic carbocycles. The van der Waals surface area contributed by atoms with Crippen molar-refractivity contribution in [2.75, 3.05) is 12.4 Å². The molecule has 5 heteroatoms. The number of rotatable bonds is 5. The summed E-state index contributed by atoms with van der Waals surface area (Å²) in [6.45, 7) is 0. The van der Waals surface area contributed by atoms with Gasteiger partial charge in [-0.3, -0.25) is 4.79 Å². The molecule has 0 radical (unpaired) electrons. The summed E-state index contributed by atoms with van der Waals surface area (Å²) in [7, 11) is 1.67. The second kappa shape index (κ2) is 6.69. The van der Waals surface area contributed by atoms with E-state index >= 15 is 0 Å². The Morgan fingerprint density at radius 3 is 2.72 bits per heavy atom. The predicted molar refractivity (Wildman–Crippen MR) is 100 cm³/mol. The molecule has 1 saturated carbocycles. The molecule has 0 bridgehead atoms. The van der Waals surface area contributed by atoms with Crippen LogP contribution in [0.5, 0.6) is 5.75 Å². The number of aromatic nitrogens is 1. The van der Waals surface area contributed by atoms with E-state index in [1.165, 1.54) is 11.3 Å². The van der Waals surface area contributed by atoms with Gasteiger partial charge < -0.3 is 10.1 Å². The summed E-state index contributed by atoms with van der Waals surface area (Å²) in [6, 6.07) is 17.8. The molecule has 0 aliphatic heterocycles. The van der Waals surface area contributed by atoms with Gasteiger partial charge in [0, 0.05) is 11.5 Å². The molecule has 4 rings (SSSR count). The van der Waals surface area contributed by atoms with Crippen LogP contribution in [0.25, 0.3) is 11.3 Å². The van der Waals surface area contributed by atoms with Gasteiger partial charge in [-0.05, 0) is 24.0 Å². The summed E-state index contributed by atoms with van der Waals surface area (Å²) in [5, 5.41) is 3.87. The Labute approximate surface area is 150 Å². The van der Waals surface area contributed by atoms with Crippen molar-refractivity contribution in [3.05, 3.63) is 65.7 Å². The van der Waals surface area contributed by atoms with Crippen LogP contribution >= 0.6 is 11.3 Å². The highest BCUT2D eigenvalue weighted by atomic mass is 32.1. The lowest BCUT2D eigenvalue weighted by Gasteiger charge is -2.08. The van der Waals surface area contributed by atoms with Gasteiger partial charge in [0.2, 0.25) is 5.91 Å². The van der Waals surface area contributed by atoms with Crippen LogP contribution in [0.3, 0.4) is 0 Å². The number of carbonyl (C=O) groups is 1. The Bertz CT molecular complexity index is 891. The highest BCUT2D eigenvalue weighted by Crippen LogP contribution is 2.51. The zero-order chi connectivity index (χ0) is 17.2. The van der Waals surface area contributed by atoms with Crippen LogP contribution in [0, 0.1) is 5.92 Å². The van der Waals surface area contributed by atoms with Crippen molar-refractivity contribution < 1.29 is 9.53 Å². The van der Waals surface area contributed by atoms with Crippen molar-refractivity contribution in [1.29, 1.82) is 0 Å². The molecule has 1 fully saturated rings. The van der Waals surface area contributed by atoms with E-state index in [1.807, 2.05) is 54.6 Å². The third-order valence-corrected chi connectivity index (χ3v) is 5.26. The molecule has 1 amide bonds. The molecule has 1 N–H and O–H groups in total. The number of benzene rings is 2. The summed E-state index contributed by atoms with van der Waals surface area (Å²) < 4.78 is 5.42. The number of amides is 1. The molecule has 25 heavy (non-hydrogen) atoms. The first kappa shape index (κ1) is 15.8. The van der Waals surface area contributed by atoms with Gasteiger partial charge >= 0.3 is 0 Å². The monoisotopic (exact) mass is 350 g/mol. The van der Waals surface area contributed by atoms with E-state index < -0.39 is 0 Å². The van der Waals surface area contributed by atoms with E-state index in [-0.39, 0.29) is 17.7 Å². The first-order chi connectivity index (χ1) is 12.3. The topological polar surface area (TPSA) is 51.2 Å². The second-order valence-electron chi connectivity index (χ2n) is 6.08. The summed E-state index contributed by atoms with van der Waals surface area (Å²) in [5.41, 5.74) is 4.71. The number of nitrogens with zero attached hydrogens (tertiary/aromatic N) is 1. The molecule has 3 aromatic rings. The minimum Gasteiger partial charge on any atom is -0.496 e. The number of ether oxygens (including phenoxy) is 1. The van der Waals surface area contributed by atoms with Crippen LogP contribution < -0.4 is 10.1 Å². The number of hydrogen-bond donors (Lipinski definition) is 1. The lowest BCUT2D eigenvalue weighted by atomic mass is 10.1. The SMILES string of the molecule is COc1ccccc1C1CC1C(=O)Nc1scnc1-c1ccccc1. The largest absolute Gasteiger partial charge is 0.496 e. The molecule has 126 valence electrons. The van der Waals surface area contributed by atoms with Gasteiger partial charge in [-0.2, -0.15) is 0 Å². The summed E-state index contributed by atoms with van der Waals surface area (Å²) in [4.78, 5) is 17.1. The Balaban J connectivity index is 1.49. The lowest BCUT2D eigenvalue weighted by molar-refractivity contribution is -0.117. The standard InChI is InChI=1S/C20H18N2O2S/c1-24-17-10-6-5-9-14(17)15-11-16(15)19(23)22-20-18(21-12-25-20)13-7-3-2-4-8-13/h2-10,12,15-16H,11H2,1H3,(H,22,23). The van der Waals surface area contributed by atoms with Gasteiger partial charge in [0.1, 0.15) is 16.4 Å². The Morgan fingerprint density at radius 2 is 1.92 bits per heavy atom. The summed E-state index contributed by atoms with van der Waals surface area (Å²) in [5.74, 6) is 1.12. The molecule has 1 aliphatic rings. The minimum atomic E-state index is -0.0120. The van der Waals surface area contributed by atoms with Crippen molar-refractivity contribution in [3.63, 3.8) is 0 Å². The average molecular weight is 350 g/mol. The number of nitrogens with one attached hydrogen (secondary N) is 1. The normalized spacial score (nSPS) is 18.6. The second-order valence-corrected chi connectivity index (χ2v) is 6.93. The van der Waals surface area contributed by atoms with Crippen molar-refractivity contribution in [1.82, 2.24) is 4.98 Å². The summed E-state index contributed by atoms with van der Waals surface area (Å²) in [6.07, 6.45) is 0.853.